The lowest BCUT2D eigenvalue weighted by molar-refractivity contribution is 0.338. The van der Waals surface area contributed by atoms with Gasteiger partial charge in [-0.1, -0.05) is 6.92 Å². The smallest absolute Gasteiger partial charge is 0.193 e. The van der Waals surface area contributed by atoms with E-state index in [1.807, 2.05) is 18.4 Å². The quantitative estimate of drug-likeness (QED) is 0.672. The molecule has 128 valence electrons. The van der Waals surface area contributed by atoms with E-state index < -0.39 is 0 Å². The van der Waals surface area contributed by atoms with Crippen LogP contribution in [0, 0.1) is 5.92 Å². The lowest BCUT2D eigenvalue weighted by Crippen LogP contribution is -2.53. The number of rotatable bonds is 4. The van der Waals surface area contributed by atoms with Gasteiger partial charge in [0.2, 0.25) is 0 Å². The van der Waals surface area contributed by atoms with Crippen LogP contribution in [0.25, 0.3) is 0 Å². The molecule has 23 heavy (non-hydrogen) atoms. The molecule has 2 fully saturated rings. The van der Waals surface area contributed by atoms with E-state index in [0.29, 0.717) is 0 Å². The van der Waals surface area contributed by atoms with Crippen molar-refractivity contribution in [3.05, 3.63) is 17.5 Å². The van der Waals surface area contributed by atoms with Gasteiger partial charge in [-0.15, -0.1) is 11.3 Å². The lowest BCUT2D eigenvalue weighted by atomic mass is 10.1. The second-order valence-corrected chi connectivity index (χ2v) is 7.33. The van der Waals surface area contributed by atoms with E-state index >= 15 is 0 Å². The summed E-state index contributed by atoms with van der Waals surface area (Å²) in [6.07, 6.45) is 1.31. The minimum atomic E-state index is 0.763. The third kappa shape index (κ3) is 4.18. The highest BCUT2D eigenvalue weighted by Crippen LogP contribution is 2.22. The van der Waals surface area contributed by atoms with Crippen molar-refractivity contribution in [2.75, 3.05) is 64.3 Å². The lowest BCUT2D eigenvalue weighted by Gasteiger charge is -2.37. The molecule has 3 rings (SSSR count). The Kier molecular flexibility index (Phi) is 5.78. The Labute approximate surface area is 144 Å². The molecule has 5 nitrogen and oxygen atoms in total. The van der Waals surface area contributed by atoms with Gasteiger partial charge in [0.1, 0.15) is 0 Å². The molecule has 1 aromatic rings. The fraction of sp³-hybridized carbons (Fsp3) is 0.706. The standard InChI is InChI=1S/C17H29N5S/c1-3-20-7-6-15(14-20)13-19-17(18-2)22-10-8-21(9-11-22)16-5-4-12-23-16/h4-5,12,15H,3,6-11,13-14H2,1-2H3,(H,18,19). The summed E-state index contributed by atoms with van der Waals surface area (Å²) >= 11 is 1.83. The van der Waals surface area contributed by atoms with Crippen LogP contribution in [-0.2, 0) is 0 Å². The third-order valence-electron chi connectivity index (χ3n) is 4.97. The van der Waals surface area contributed by atoms with Crippen LogP contribution in [0.4, 0.5) is 5.00 Å². The molecule has 1 aromatic heterocycles. The van der Waals surface area contributed by atoms with Crippen LogP contribution in [0.15, 0.2) is 22.5 Å². The minimum absolute atomic E-state index is 0.763. The van der Waals surface area contributed by atoms with Crippen LogP contribution in [-0.4, -0.2) is 75.2 Å². The second-order valence-electron chi connectivity index (χ2n) is 6.40. The molecular formula is C17H29N5S. The van der Waals surface area contributed by atoms with Gasteiger partial charge in [0.25, 0.3) is 0 Å². The summed E-state index contributed by atoms with van der Waals surface area (Å²) < 4.78 is 0. The SMILES string of the molecule is CCN1CCC(CNC(=NC)N2CCN(c3cccs3)CC2)C1. The molecule has 0 aliphatic carbocycles. The van der Waals surface area contributed by atoms with Crippen molar-refractivity contribution in [3.8, 4) is 0 Å². The first-order chi connectivity index (χ1) is 11.3. The molecule has 0 bridgehead atoms. The van der Waals surface area contributed by atoms with Gasteiger partial charge in [0.05, 0.1) is 5.00 Å². The van der Waals surface area contributed by atoms with Crippen molar-refractivity contribution < 1.29 is 0 Å². The van der Waals surface area contributed by atoms with E-state index in [2.05, 4.69) is 49.4 Å². The molecule has 0 aromatic carbocycles. The minimum Gasteiger partial charge on any atom is -0.360 e. The van der Waals surface area contributed by atoms with Crippen LogP contribution >= 0.6 is 11.3 Å². The number of thiophene rings is 1. The fourth-order valence-electron chi connectivity index (χ4n) is 3.52. The number of piperazine rings is 1. The maximum absolute atomic E-state index is 4.50. The maximum Gasteiger partial charge on any atom is 0.193 e. The predicted octanol–water partition coefficient (Wildman–Crippen LogP) is 1.79. The van der Waals surface area contributed by atoms with Gasteiger partial charge in [-0.25, -0.2) is 0 Å². The van der Waals surface area contributed by atoms with Gasteiger partial charge in [-0.2, -0.15) is 0 Å². The van der Waals surface area contributed by atoms with Gasteiger partial charge in [-0.3, -0.25) is 4.99 Å². The molecule has 1 unspecified atom stereocenters. The Balaban J connectivity index is 1.44. The average Bonchev–Trinajstić information content (AvgIpc) is 3.28. The van der Waals surface area contributed by atoms with Crippen LogP contribution in [0.5, 0.6) is 0 Å². The zero-order valence-electron chi connectivity index (χ0n) is 14.4. The summed E-state index contributed by atoms with van der Waals surface area (Å²) in [7, 11) is 1.90. The van der Waals surface area contributed by atoms with Crippen molar-refractivity contribution in [1.29, 1.82) is 0 Å². The Morgan fingerprint density at radius 1 is 1.30 bits per heavy atom. The summed E-state index contributed by atoms with van der Waals surface area (Å²) in [5.74, 6) is 1.84. The van der Waals surface area contributed by atoms with Gasteiger partial charge >= 0.3 is 0 Å². The fourth-order valence-corrected chi connectivity index (χ4v) is 4.31. The second kappa shape index (κ2) is 8.02. The Hall–Kier alpha value is -1.27. The Morgan fingerprint density at radius 2 is 2.13 bits per heavy atom. The highest BCUT2D eigenvalue weighted by Gasteiger charge is 2.23. The zero-order valence-corrected chi connectivity index (χ0v) is 15.2. The summed E-state index contributed by atoms with van der Waals surface area (Å²) in [5.41, 5.74) is 0. The molecular weight excluding hydrogens is 306 g/mol. The average molecular weight is 336 g/mol. The molecule has 0 amide bonds. The van der Waals surface area contributed by atoms with E-state index in [0.717, 1.165) is 44.6 Å². The van der Waals surface area contributed by atoms with Crippen molar-refractivity contribution in [3.63, 3.8) is 0 Å². The summed E-state index contributed by atoms with van der Waals surface area (Å²) in [4.78, 5) is 11.9. The van der Waals surface area contributed by atoms with E-state index in [1.54, 1.807) is 0 Å². The third-order valence-corrected chi connectivity index (χ3v) is 5.90. The molecule has 1 N–H and O–H groups in total. The number of nitrogens with zero attached hydrogens (tertiary/aromatic N) is 4. The Morgan fingerprint density at radius 3 is 2.74 bits per heavy atom. The van der Waals surface area contributed by atoms with Gasteiger partial charge in [0, 0.05) is 46.3 Å². The zero-order chi connectivity index (χ0) is 16.1. The number of hydrogen-bond acceptors (Lipinski definition) is 4. The molecule has 0 saturated carbocycles. The van der Waals surface area contributed by atoms with Gasteiger partial charge < -0.3 is 20.0 Å². The maximum atomic E-state index is 4.50. The molecule has 0 radical (unpaired) electrons. The number of guanidine groups is 1. The van der Waals surface area contributed by atoms with Crippen molar-refractivity contribution in [2.45, 2.75) is 13.3 Å². The first-order valence-corrected chi connectivity index (χ1v) is 9.64. The summed E-state index contributed by atoms with van der Waals surface area (Å²) in [6.45, 7) is 11.2. The summed E-state index contributed by atoms with van der Waals surface area (Å²) in [5, 5.41) is 7.15. The van der Waals surface area contributed by atoms with Crippen LogP contribution in [0.3, 0.4) is 0 Å². The predicted molar refractivity (Wildman–Crippen MR) is 99.7 cm³/mol. The van der Waals surface area contributed by atoms with E-state index in [9.17, 15) is 0 Å². The van der Waals surface area contributed by atoms with Crippen molar-refractivity contribution in [1.82, 2.24) is 15.1 Å². The Bertz CT molecular complexity index is 493. The molecule has 0 spiro atoms. The van der Waals surface area contributed by atoms with E-state index in [4.69, 9.17) is 0 Å². The van der Waals surface area contributed by atoms with E-state index in [1.165, 1.54) is 31.1 Å². The first kappa shape index (κ1) is 16.6. The monoisotopic (exact) mass is 335 g/mol. The molecule has 1 atom stereocenters. The van der Waals surface area contributed by atoms with Crippen LogP contribution < -0.4 is 10.2 Å². The van der Waals surface area contributed by atoms with Gasteiger partial charge in [-0.05, 0) is 42.9 Å². The van der Waals surface area contributed by atoms with Gasteiger partial charge in [0.15, 0.2) is 5.96 Å². The highest BCUT2D eigenvalue weighted by atomic mass is 32.1. The molecule has 2 saturated heterocycles. The number of anilines is 1. The van der Waals surface area contributed by atoms with Crippen molar-refractivity contribution >= 4 is 22.3 Å². The van der Waals surface area contributed by atoms with Crippen molar-refractivity contribution in [2.24, 2.45) is 10.9 Å². The number of likely N-dealkylation sites (tertiary alicyclic amines) is 1. The molecule has 3 heterocycles. The molecule has 2 aliphatic heterocycles. The molecule has 2 aliphatic rings. The topological polar surface area (TPSA) is 34.1 Å². The number of hydrogen-bond donors (Lipinski definition) is 1. The van der Waals surface area contributed by atoms with Crippen LogP contribution in [0.2, 0.25) is 0 Å². The largest absolute Gasteiger partial charge is 0.360 e. The summed E-state index contributed by atoms with van der Waals surface area (Å²) in [6, 6.07) is 4.35. The number of aliphatic imine (C=N–C) groups is 1. The molecule has 6 heteroatoms. The highest BCUT2D eigenvalue weighted by molar-refractivity contribution is 7.14. The number of nitrogens with one attached hydrogen (secondary N) is 1. The van der Waals surface area contributed by atoms with Crippen LogP contribution in [0.1, 0.15) is 13.3 Å². The first-order valence-electron chi connectivity index (χ1n) is 8.76. The van der Waals surface area contributed by atoms with E-state index in [-0.39, 0.29) is 0 Å². The normalized spacial score (nSPS) is 23.6.